The molecule has 0 unspecified atom stereocenters. The molecular formula is C10H6F3NO2. The summed E-state index contributed by atoms with van der Waals surface area (Å²) in [6.45, 7) is 0. The number of aromatic nitrogens is 1. The number of benzene rings is 1. The zero-order valence-corrected chi connectivity index (χ0v) is 7.84. The minimum atomic E-state index is -4.81. The minimum Gasteiger partial charge on any atom is -0.405 e. The van der Waals surface area contributed by atoms with E-state index in [-0.39, 0.29) is 5.39 Å². The van der Waals surface area contributed by atoms with E-state index in [9.17, 15) is 18.0 Å². The Balaban J connectivity index is 2.66. The average Bonchev–Trinajstić information content (AvgIpc) is 2.15. The lowest BCUT2D eigenvalue weighted by molar-refractivity contribution is -0.274. The van der Waals surface area contributed by atoms with Gasteiger partial charge in [0, 0.05) is 12.3 Å². The molecule has 84 valence electrons. The van der Waals surface area contributed by atoms with E-state index in [1.54, 1.807) is 0 Å². The van der Waals surface area contributed by atoms with Crippen LogP contribution in [0.25, 0.3) is 10.9 Å². The molecule has 0 saturated carbocycles. The quantitative estimate of drug-likeness (QED) is 0.815. The number of rotatable bonds is 1. The summed E-state index contributed by atoms with van der Waals surface area (Å²) in [5, 5.41) is -0.109. The molecule has 0 aliphatic heterocycles. The van der Waals surface area contributed by atoms with Gasteiger partial charge in [-0.15, -0.1) is 13.2 Å². The Kier molecular flexibility index (Phi) is 2.34. The van der Waals surface area contributed by atoms with Crippen LogP contribution in [0.15, 0.2) is 35.3 Å². The van der Waals surface area contributed by atoms with Gasteiger partial charge < -0.3 is 9.72 Å². The maximum atomic E-state index is 12.1. The van der Waals surface area contributed by atoms with E-state index >= 15 is 0 Å². The van der Waals surface area contributed by atoms with Crippen molar-refractivity contribution in [2.45, 2.75) is 6.36 Å². The van der Waals surface area contributed by atoms with Crippen LogP contribution < -0.4 is 10.2 Å². The molecule has 1 aromatic heterocycles. The predicted octanol–water partition coefficient (Wildman–Crippen LogP) is 2.43. The second kappa shape index (κ2) is 3.55. The molecule has 0 spiro atoms. The van der Waals surface area contributed by atoms with Gasteiger partial charge in [0.25, 0.3) is 0 Å². The van der Waals surface area contributed by atoms with E-state index in [1.807, 2.05) is 0 Å². The molecule has 0 aliphatic carbocycles. The summed E-state index contributed by atoms with van der Waals surface area (Å²) in [7, 11) is 0. The van der Waals surface area contributed by atoms with Gasteiger partial charge in [-0.1, -0.05) is 6.07 Å². The highest BCUT2D eigenvalue weighted by Crippen LogP contribution is 2.27. The topological polar surface area (TPSA) is 42.1 Å². The highest BCUT2D eigenvalue weighted by Gasteiger charge is 2.32. The van der Waals surface area contributed by atoms with Crippen molar-refractivity contribution in [3.8, 4) is 5.75 Å². The molecule has 0 atom stereocenters. The number of fused-ring (bicyclic) bond motifs is 1. The number of alkyl halides is 3. The number of hydrogen-bond donors (Lipinski definition) is 1. The largest absolute Gasteiger partial charge is 0.573 e. The second-order valence-corrected chi connectivity index (χ2v) is 3.07. The van der Waals surface area contributed by atoms with Crippen LogP contribution >= 0.6 is 0 Å². The lowest BCUT2D eigenvalue weighted by Crippen LogP contribution is -2.18. The molecule has 0 bridgehead atoms. The summed E-state index contributed by atoms with van der Waals surface area (Å²) < 4.78 is 40.0. The third-order valence-corrected chi connectivity index (χ3v) is 1.97. The van der Waals surface area contributed by atoms with Crippen LogP contribution in [-0.2, 0) is 0 Å². The van der Waals surface area contributed by atoms with Gasteiger partial charge >= 0.3 is 6.36 Å². The standard InChI is InChI=1S/C10H6F3NO2/c11-10(12,13)16-8-3-1-2-6-9(8)7(15)4-5-14-6/h1-5H,(H,14,15). The van der Waals surface area contributed by atoms with Gasteiger partial charge in [0.15, 0.2) is 5.43 Å². The van der Waals surface area contributed by atoms with Gasteiger partial charge in [0.2, 0.25) is 0 Å². The number of H-pyrrole nitrogens is 1. The number of nitrogens with one attached hydrogen (secondary N) is 1. The highest BCUT2D eigenvalue weighted by atomic mass is 19.4. The lowest BCUT2D eigenvalue weighted by atomic mass is 10.2. The van der Waals surface area contributed by atoms with Crippen molar-refractivity contribution in [1.29, 1.82) is 0 Å². The first-order valence-corrected chi connectivity index (χ1v) is 4.33. The zero-order valence-electron chi connectivity index (χ0n) is 7.84. The van der Waals surface area contributed by atoms with Crippen molar-refractivity contribution in [1.82, 2.24) is 4.98 Å². The number of hydrogen-bond acceptors (Lipinski definition) is 2. The summed E-state index contributed by atoms with van der Waals surface area (Å²) >= 11 is 0. The van der Waals surface area contributed by atoms with Crippen LogP contribution in [0.2, 0.25) is 0 Å². The van der Waals surface area contributed by atoms with E-state index in [0.29, 0.717) is 5.52 Å². The molecule has 3 nitrogen and oxygen atoms in total. The number of aromatic amines is 1. The SMILES string of the molecule is O=c1cc[nH]c2cccc(OC(F)(F)F)c12. The minimum absolute atomic E-state index is 0.109. The monoisotopic (exact) mass is 229 g/mol. The van der Waals surface area contributed by atoms with Crippen molar-refractivity contribution in [2.24, 2.45) is 0 Å². The Bertz CT molecular complexity index is 569. The van der Waals surface area contributed by atoms with Crippen LogP contribution in [0.3, 0.4) is 0 Å². The van der Waals surface area contributed by atoms with Gasteiger partial charge in [-0.25, -0.2) is 0 Å². The summed E-state index contributed by atoms with van der Waals surface area (Å²) in [5.74, 6) is -0.494. The second-order valence-electron chi connectivity index (χ2n) is 3.07. The van der Waals surface area contributed by atoms with Crippen LogP contribution in [0, 0.1) is 0 Å². The molecule has 1 heterocycles. The molecule has 0 fully saturated rings. The van der Waals surface area contributed by atoms with Crippen LogP contribution in [0.1, 0.15) is 0 Å². The molecule has 2 aromatic rings. The Morgan fingerprint density at radius 2 is 1.94 bits per heavy atom. The normalized spacial score (nSPS) is 11.7. The van der Waals surface area contributed by atoms with Crippen molar-refractivity contribution >= 4 is 10.9 Å². The Labute approximate surface area is 87.5 Å². The highest BCUT2D eigenvalue weighted by molar-refractivity contribution is 5.84. The van der Waals surface area contributed by atoms with E-state index < -0.39 is 17.5 Å². The summed E-state index contributed by atoms with van der Waals surface area (Å²) in [5.41, 5.74) is -0.220. The van der Waals surface area contributed by atoms with Crippen LogP contribution in [-0.4, -0.2) is 11.3 Å². The van der Waals surface area contributed by atoms with Gasteiger partial charge in [-0.2, -0.15) is 0 Å². The third-order valence-electron chi connectivity index (χ3n) is 1.97. The average molecular weight is 229 g/mol. The molecule has 1 N–H and O–H groups in total. The van der Waals surface area contributed by atoms with E-state index in [0.717, 1.165) is 12.1 Å². The fourth-order valence-electron chi connectivity index (χ4n) is 1.41. The molecule has 16 heavy (non-hydrogen) atoms. The Hall–Kier alpha value is -1.98. The number of halogens is 3. The van der Waals surface area contributed by atoms with Crippen LogP contribution in [0.4, 0.5) is 13.2 Å². The van der Waals surface area contributed by atoms with Gasteiger partial charge in [-0.3, -0.25) is 4.79 Å². The van der Waals surface area contributed by atoms with E-state index in [4.69, 9.17) is 0 Å². The van der Waals surface area contributed by atoms with Crippen molar-refractivity contribution in [2.75, 3.05) is 0 Å². The van der Waals surface area contributed by atoms with E-state index in [1.165, 1.54) is 18.3 Å². The maximum Gasteiger partial charge on any atom is 0.573 e. The molecule has 6 heteroatoms. The fourth-order valence-corrected chi connectivity index (χ4v) is 1.41. The lowest BCUT2D eigenvalue weighted by Gasteiger charge is -2.10. The van der Waals surface area contributed by atoms with Gasteiger partial charge in [-0.05, 0) is 12.1 Å². The van der Waals surface area contributed by atoms with E-state index in [2.05, 4.69) is 9.72 Å². The summed E-state index contributed by atoms with van der Waals surface area (Å²) in [6, 6.07) is 5.12. The first-order valence-electron chi connectivity index (χ1n) is 4.33. The van der Waals surface area contributed by atoms with Crippen LogP contribution in [0.5, 0.6) is 5.75 Å². The molecule has 0 aliphatic rings. The van der Waals surface area contributed by atoms with Crippen molar-refractivity contribution in [3.63, 3.8) is 0 Å². The third kappa shape index (κ3) is 2.00. The summed E-state index contributed by atoms with van der Waals surface area (Å²) in [6.07, 6.45) is -3.45. The Morgan fingerprint density at radius 3 is 2.62 bits per heavy atom. The molecule has 2 rings (SSSR count). The fraction of sp³-hybridized carbons (Fsp3) is 0.100. The van der Waals surface area contributed by atoms with Gasteiger partial charge in [0.05, 0.1) is 10.9 Å². The molecular weight excluding hydrogens is 223 g/mol. The molecule has 1 aromatic carbocycles. The van der Waals surface area contributed by atoms with Crippen molar-refractivity contribution in [3.05, 3.63) is 40.7 Å². The maximum absolute atomic E-state index is 12.1. The first kappa shape index (κ1) is 10.5. The number of ether oxygens (including phenoxy) is 1. The van der Waals surface area contributed by atoms with Gasteiger partial charge in [0.1, 0.15) is 5.75 Å². The predicted molar refractivity (Wildman–Crippen MR) is 51.3 cm³/mol. The zero-order chi connectivity index (χ0) is 11.8. The molecule has 0 saturated heterocycles. The molecule has 0 amide bonds. The van der Waals surface area contributed by atoms with Crippen molar-refractivity contribution < 1.29 is 17.9 Å². The Morgan fingerprint density at radius 1 is 1.19 bits per heavy atom. The first-order chi connectivity index (χ1) is 7.47. The summed E-state index contributed by atoms with van der Waals surface area (Å²) in [4.78, 5) is 14.1. The smallest absolute Gasteiger partial charge is 0.405 e. The molecule has 0 radical (unpaired) electrons. The number of pyridine rings is 1.